The number of halogens is 1. The van der Waals surface area contributed by atoms with Crippen LogP contribution in [0.25, 0.3) is 0 Å². The molecule has 1 aromatic heterocycles. The minimum Gasteiger partial charge on any atom is -0.508 e. The van der Waals surface area contributed by atoms with Gasteiger partial charge in [-0.25, -0.2) is 0 Å². The molecule has 3 aromatic rings. The minimum absolute atomic E-state index is 0.00473. The molecule has 6 rings (SSSR count). The molecule has 8 heteroatoms. The second-order valence-corrected chi connectivity index (χ2v) is 12.3. The first-order valence-corrected chi connectivity index (χ1v) is 13.7. The Bertz CT molecular complexity index is 1290. The van der Waals surface area contributed by atoms with Crippen molar-refractivity contribution in [2.24, 2.45) is 17.8 Å². The molecule has 1 amide bonds. The number of benzene rings is 2. The van der Waals surface area contributed by atoms with Gasteiger partial charge in [0.05, 0.1) is 5.03 Å². The third kappa shape index (κ3) is 3.76. The van der Waals surface area contributed by atoms with Crippen molar-refractivity contribution >= 4 is 50.6 Å². The highest BCUT2D eigenvalue weighted by molar-refractivity contribution is 9.10. The molecule has 170 valence electrons. The highest BCUT2D eigenvalue weighted by Gasteiger charge is 2.55. The average Bonchev–Trinajstić information content (AvgIpc) is 3.48. The highest BCUT2D eigenvalue weighted by Crippen LogP contribution is 2.64. The Morgan fingerprint density at radius 2 is 1.94 bits per heavy atom. The molecular formula is C25H23BrN2O3S2. The summed E-state index contributed by atoms with van der Waals surface area (Å²) >= 11 is 6.78. The van der Waals surface area contributed by atoms with Crippen LogP contribution in [-0.4, -0.2) is 20.8 Å². The summed E-state index contributed by atoms with van der Waals surface area (Å²) in [5, 5.41) is 13.8. The van der Waals surface area contributed by atoms with Crippen LogP contribution in [0.4, 0.5) is 5.69 Å². The summed E-state index contributed by atoms with van der Waals surface area (Å²) in [6.07, 6.45) is 3.85. The number of thioether (sulfide) groups is 1. The molecule has 33 heavy (non-hydrogen) atoms. The summed E-state index contributed by atoms with van der Waals surface area (Å²) in [5.74, 6) is 2.07. The number of phenols is 1. The zero-order valence-electron chi connectivity index (χ0n) is 17.7. The van der Waals surface area contributed by atoms with Crippen molar-refractivity contribution in [1.82, 2.24) is 4.57 Å². The zero-order valence-corrected chi connectivity index (χ0v) is 21.0. The summed E-state index contributed by atoms with van der Waals surface area (Å²) < 4.78 is 2.73. The molecule has 0 spiro atoms. The first-order valence-electron chi connectivity index (χ1n) is 11.2. The normalized spacial score (nSPS) is 27.2. The van der Waals surface area contributed by atoms with Gasteiger partial charge in [-0.3, -0.25) is 14.2 Å². The van der Waals surface area contributed by atoms with E-state index in [2.05, 4.69) is 39.4 Å². The van der Waals surface area contributed by atoms with E-state index in [4.69, 9.17) is 0 Å². The molecular weight excluding hydrogens is 520 g/mol. The molecule has 2 saturated carbocycles. The second-order valence-electron chi connectivity index (χ2n) is 9.24. The Morgan fingerprint density at radius 1 is 1.15 bits per heavy atom. The van der Waals surface area contributed by atoms with E-state index in [1.54, 1.807) is 16.7 Å². The van der Waals surface area contributed by atoms with E-state index in [-0.39, 0.29) is 29.0 Å². The highest BCUT2D eigenvalue weighted by atomic mass is 79.9. The lowest BCUT2D eigenvalue weighted by atomic mass is 9.75. The molecule has 0 saturated heterocycles. The Balaban J connectivity index is 1.37. The molecule has 3 aliphatic rings. The lowest BCUT2D eigenvalue weighted by Gasteiger charge is -2.40. The number of hydrogen-bond donors (Lipinski definition) is 2. The van der Waals surface area contributed by atoms with E-state index in [1.165, 1.54) is 48.3 Å². The Labute approximate surface area is 208 Å². The zero-order chi connectivity index (χ0) is 22.7. The van der Waals surface area contributed by atoms with E-state index in [0.29, 0.717) is 28.7 Å². The number of hydrogen-bond acceptors (Lipinski definition) is 5. The lowest BCUT2D eigenvalue weighted by Crippen LogP contribution is -2.34. The number of rotatable bonds is 4. The van der Waals surface area contributed by atoms with E-state index >= 15 is 0 Å². The Kier molecular flexibility index (Phi) is 5.42. The molecule has 2 bridgehead atoms. The van der Waals surface area contributed by atoms with Crippen molar-refractivity contribution < 1.29 is 9.90 Å². The van der Waals surface area contributed by atoms with E-state index < -0.39 is 0 Å². The van der Waals surface area contributed by atoms with Gasteiger partial charge in [-0.15, -0.1) is 11.8 Å². The van der Waals surface area contributed by atoms with Crippen LogP contribution in [0.3, 0.4) is 0 Å². The maximum atomic E-state index is 13.1. The molecule has 2 N–H and O–H groups in total. The first kappa shape index (κ1) is 21.5. The molecule has 2 aromatic carbocycles. The lowest BCUT2D eigenvalue weighted by molar-refractivity contribution is -0.116. The maximum Gasteiger partial charge on any atom is 0.308 e. The summed E-state index contributed by atoms with van der Waals surface area (Å²) in [6, 6.07) is 14.9. The van der Waals surface area contributed by atoms with Crippen LogP contribution in [0.1, 0.15) is 35.6 Å². The third-order valence-corrected chi connectivity index (χ3v) is 10.7. The average molecular weight is 544 g/mol. The molecule has 0 unspecified atom stereocenters. The SMILES string of the molecule is O=C(Cn1c2c(sc1=O)[C@@H](c1cccc(Br)c1)[C@@H]1[C@H]3CC[C@@H](C3)[C@H]1S2)Nc1ccc(O)cc1. The maximum absolute atomic E-state index is 13.1. The number of thiazole rings is 1. The number of carbonyl (C=O) groups is 1. The van der Waals surface area contributed by atoms with Crippen molar-refractivity contribution in [3.63, 3.8) is 0 Å². The Morgan fingerprint density at radius 3 is 2.73 bits per heavy atom. The Hall–Kier alpha value is -2.03. The first-order chi connectivity index (χ1) is 16.0. The number of aromatic nitrogens is 1. The van der Waals surface area contributed by atoms with Crippen molar-refractivity contribution in [3.05, 3.63) is 73.1 Å². The quantitative estimate of drug-likeness (QED) is 0.416. The molecule has 2 heterocycles. The van der Waals surface area contributed by atoms with Crippen molar-refractivity contribution in [3.8, 4) is 5.75 Å². The van der Waals surface area contributed by atoms with Gasteiger partial charge in [0, 0.05) is 26.2 Å². The predicted molar refractivity (Wildman–Crippen MR) is 135 cm³/mol. The number of phenolic OH excluding ortho intramolecular Hbond substituents is 1. The number of anilines is 1. The number of carbonyl (C=O) groups excluding carboxylic acids is 1. The van der Waals surface area contributed by atoms with Crippen LogP contribution in [0.5, 0.6) is 5.75 Å². The summed E-state index contributed by atoms with van der Waals surface area (Å²) in [5.41, 5.74) is 1.86. The smallest absolute Gasteiger partial charge is 0.308 e. The van der Waals surface area contributed by atoms with Crippen LogP contribution in [0, 0.1) is 17.8 Å². The fraction of sp³-hybridized carbons (Fsp3) is 0.360. The van der Waals surface area contributed by atoms with E-state index in [9.17, 15) is 14.7 Å². The van der Waals surface area contributed by atoms with Gasteiger partial charge < -0.3 is 10.4 Å². The summed E-state index contributed by atoms with van der Waals surface area (Å²) in [4.78, 5) is 27.0. The monoisotopic (exact) mass is 542 g/mol. The van der Waals surface area contributed by atoms with Gasteiger partial charge in [-0.1, -0.05) is 39.4 Å². The molecule has 5 nitrogen and oxygen atoms in total. The standard InChI is InChI=1S/C25H23BrN2O3S2/c26-16-3-1-2-13(11-16)21-20-14-4-5-15(10-14)22(20)32-24-23(21)33-25(31)28(24)12-19(30)27-17-6-8-18(29)9-7-17/h1-3,6-9,11,14-15,20-22,29H,4-5,10,12H2,(H,27,30)/t14-,15-,20-,21-,22+/m0/s1. The van der Waals surface area contributed by atoms with E-state index in [0.717, 1.165) is 14.4 Å². The van der Waals surface area contributed by atoms with E-state index in [1.807, 2.05) is 17.8 Å². The molecule has 0 radical (unpaired) electrons. The van der Waals surface area contributed by atoms with Crippen molar-refractivity contribution in [2.45, 2.75) is 42.0 Å². The van der Waals surface area contributed by atoms with Gasteiger partial charge in [0.1, 0.15) is 12.3 Å². The largest absolute Gasteiger partial charge is 0.508 e. The van der Waals surface area contributed by atoms with Crippen LogP contribution in [0.15, 0.2) is 62.8 Å². The summed E-state index contributed by atoms with van der Waals surface area (Å²) in [6.45, 7) is -0.00473. The fourth-order valence-corrected chi connectivity index (χ4v) is 9.62. The van der Waals surface area contributed by atoms with Gasteiger partial charge in [0.15, 0.2) is 0 Å². The van der Waals surface area contributed by atoms with Gasteiger partial charge in [-0.2, -0.15) is 0 Å². The molecule has 1 aliphatic heterocycles. The molecule has 5 atom stereocenters. The van der Waals surface area contributed by atoms with Gasteiger partial charge in [0.2, 0.25) is 5.91 Å². The van der Waals surface area contributed by atoms with Gasteiger partial charge >= 0.3 is 4.87 Å². The number of fused-ring (bicyclic) bond motifs is 6. The number of aromatic hydroxyl groups is 1. The predicted octanol–water partition coefficient (Wildman–Crippen LogP) is 5.67. The van der Waals surface area contributed by atoms with Crippen LogP contribution in [-0.2, 0) is 11.3 Å². The second kappa shape index (κ2) is 8.32. The van der Waals surface area contributed by atoms with Gasteiger partial charge in [0.25, 0.3) is 0 Å². The number of amides is 1. The fourth-order valence-electron chi connectivity index (χ4n) is 6.05. The molecule has 2 fully saturated rings. The van der Waals surface area contributed by atoms with Crippen LogP contribution >= 0.6 is 39.0 Å². The minimum atomic E-state index is -0.238. The topological polar surface area (TPSA) is 71.3 Å². The number of nitrogens with one attached hydrogen (secondary N) is 1. The molecule has 2 aliphatic carbocycles. The summed E-state index contributed by atoms with van der Waals surface area (Å²) in [7, 11) is 0. The van der Waals surface area contributed by atoms with Crippen molar-refractivity contribution in [1.29, 1.82) is 0 Å². The third-order valence-electron chi connectivity index (χ3n) is 7.35. The van der Waals surface area contributed by atoms with Crippen LogP contribution < -0.4 is 10.2 Å². The van der Waals surface area contributed by atoms with Gasteiger partial charge in [-0.05, 0) is 79.0 Å². The number of nitrogens with zero attached hydrogens (tertiary/aromatic N) is 1. The van der Waals surface area contributed by atoms with Crippen molar-refractivity contribution in [2.75, 3.05) is 5.32 Å². The van der Waals surface area contributed by atoms with Crippen LogP contribution in [0.2, 0.25) is 0 Å².